The number of aromatic nitrogens is 6. The fourth-order valence-electron chi connectivity index (χ4n) is 4.38. The number of hydrogen-bond acceptors (Lipinski definition) is 8. The number of hydrogen-bond donors (Lipinski definition) is 1. The number of pyridine rings is 1. The number of aryl methyl sites for hydroxylation is 2. The predicted molar refractivity (Wildman–Crippen MR) is 134 cm³/mol. The van der Waals surface area contributed by atoms with Gasteiger partial charge in [-0.2, -0.15) is 15.3 Å². The molecule has 4 aromatic heterocycles. The molecule has 1 aromatic carbocycles. The minimum absolute atomic E-state index is 0.0699. The summed E-state index contributed by atoms with van der Waals surface area (Å²) in [7, 11) is 1.86. The first kappa shape index (κ1) is 22.6. The largest absolute Gasteiger partial charge is 0.338 e. The number of anilines is 1. The van der Waals surface area contributed by atoms with Gasteiger partial charge in [0.1, 0.15) is 11.3 Å². The fourth-order valence-corrected chi connectivity index (χ4v) is 4.38. The highest BCUT2D eigenvalue weighted by atomic mass is 16.5. The topological polar surface area (TPSA) is 130 Å². The number of benzene rings is 1. The third-order valence-electron chi connectivity index (χ3n) is 6.49. The van der Waals surface area contributed by atoms with Gasteiger partial charge in [0.25, 0.3) is 5.91 Å². The second-order valence-electron chi connectivity index (χ2n) is 9.21. The number of carbonyl (C=O) groups is 1. The maximum absolute atomic E-state index is 13.3. The second-order valence-corrected chi connectivity index (χ2v) is 9.21. The smallest absolute Gasteiger partial charge is 0.274 e. The van der Waals surface area contributed by atoms with E-state index in [1.165, 1.54) is 0 Å². The molecule has 0 bridgehead atoms. The van der Waals surface area contributed by atoms with E-state index < -0.39 is 0 Å². The third-order valence-corrected chi connectivity index (χ3v) is 6.49. The van der Waals surface area contributed by atoms with Gasteiger partial charge in [-0.25, -0.2) is 4.98 Å². The van der Waals surface area contributed by atoms with Gasteiger partial charge in [0, 0.05) is 54.9 Å². The summed E-state index contributed by atoms with van der Waals surface area (Å²) in [5.41, 5.74) is 5.24. The van der Waals surface area contributed by atoms with Crippen molar-refractivity contribution in [1.29, 1.82) is 5.26 Å². The van der Waals surface area contributed by atoms with Gasteiger partial charge < -0.3 is 9.84 Å². The first-order valence-corrected chi connectivity index (χ1v) is 11.8. The fraction of sp³-hybridized carbons (Fsp3) is 0.231. The average Bonchev–Trinajstić information content (AvgIpc) is 3.61. The highest BCUT2D eigenvalue weighted by Gasteiger charge is 2.28. The average molecular weight is 494 g/mol. The van der Waals surface area contributed by atoms with E-state index in [2.05, 4.69) is 36.5 Å². The number of nitrogens with zero attached hydrogens (tertiary/aromatic N) is 8. The van der Waals surface area contributed by atoms with Gasteiger partial charge in [0.05, 0.1) is 30.9 Å². The second kappa shape index (κ2) is 9.00. The third kappa shape index (κ3) is 4.34. The predicted octanol–water partition coefficient (Wildman–Crippen LogP) is 3.30. The monoisotopic (exact) mass is 493 g/mol. The highest BCUT2D eigenvalue weighted by molar-refractivity contribution is 6.04. The van der Waals surface area contributed by atoms with Gasteiger partial charge in [0.15, 0.2) is 0 Å². The molecule has 1 saturated heterocycles. The summed E-state index contributed by atoms with van der Waals surface area (Å²) in [5, 5.41) is 20.3. The minimum Gasteiger partial charge on any atom is -0.338 e. The molecule has 1 aliphatic heterocycles. The standard InChI is InChI=1S/C26H23N9O2/c1-16-3-4-18(25-31-24(37-32-25)15-34-11-17(8-27)12-34)7-21(16)30-26(36)22-10-28-23-6-5-19(14-35(22)23)20-9-29-33(2)13-20/h3-7,9-10,13-14,17H,11-12,15H2,1-2H3,(H,30,36). The van der Waals surface area contributed by atoms with Crippen LogP contribution in [0.5, 0.6) is 0 Å². The van der Waals surface area contributed by atoms with Crippen LogP contribution in [-0.2, 0) is 13.6 Å². The Hall–Kier alpha value is -4.82. The molecule has 0 unspecified atom stereocenters. The molecule has 0 saturated carbocycles. The molecule has 0 radical (unpaired) electrons. The lowest BCUT2D eigenvalue weighted by Gasteiger charge is -2.33. The number of nitriles is 1. The van der Waals surface area contributed by atoms with Crippen molar-refractivity contribution >= 4 is 17.2 Å². The van der Waals surface area contributed by atoms with Crippen LogP contribution in [-0.4, -0.2) is 53.2 Å². The molecule has 184 valence electrons. The zero-order valence-corrected chi connectivity index (χ0v) is 20.3. The number of rotatable bonds is 6. The van der Waals surface area contributed by atoms with Gasteiger partial charge in [-0.3, -0.25) is 18.8 Å². The molecular formula is C26H23N9O2. The summed E-state index contributed by atoms with van der Waals surface area (Å²) >= 11 is 0. The van der Waals surface area contributed by atoms with Crippen LogP contribution in [0.2, 0.25) is 0 Å². The molecule has 0 atom stereocenters. The maximum Gasteiger partial charge on any atom is 0.274 e. The summed E-state index contributed by atoms with van der Waals surface area (Å²) in [6, 6.07) is 11.7. The summed E-state index contributed by atoms with van der Waals surface area (Å²) in [6.07, 6.45) is 7.15. The Morgan fingerprint density at radius 1 is 1.16 bits per heavy atom. The number of likely N-dealkylation sites (tertiary alicyclic amines) is 1. The molecule has 5 heterocycles. The minimum atomic E-state index is -0.283. The van der Waals surface area contributed by atoms with Crippen LogP contribution in [0.1, 0.15) is 21.9 Å². The molecule has 1 fully saturated rings. The van der Waals surface area contributed by atoms with Gasteiger partial charge in [-0.1, -0.05) is 17.3 Å². The van der Waals surface area contributed by atoms with Crippen molar-refractivity contribution in [1.82, 2.24) is 34.2 Å². The Bertz CT molecular complexity index is 1670. The van der Waals surface area contributed by atoms with Crippen LogP contribution in [0, 0.1) is 24.2 Å². The van der Waals surface area contributed by atoms with Crippen molar-refractivity contribution in [2.45, 2.75) is 13.5 Å². The van der Waals surface area contributed by atoms with Crippen LogP contribution < -0.4 is 5.32 Å². The lowest BCUT2D eigenvalue weighted by Crippen LogP contribution is -2.45. The van der Waals surface area contributed by atoms with Gasteiger partial charge in [-0.15, -0.1) is 0 Å². The Morgan fingerprint density at radius 2 is 2.00 bits per heavy atom. The molecule has 11 heteroatoms. The molecule has 6 rings (SSSR count). The Morgan fingerprint density at radius 3 is 2.78 bits per heavy atom. The number of amides is 1. The molecule has 1 aliphatic rings. The molecule has 11 nitrogen and oxygen atoms in total. The molecule has 0 spiro atoms. The van der Waals surface area contributed by atoms with E-state index in [1.54, 1.807) is 21.5 Å². The molecule has 1 amide bonds. The molecule has 5 aromatic rings. The van der Waals surface area contributed by atoms with Gasteiger partial charge >= 0.3 is 0 Å². The van der Waals surface area contributed by atoms with E-state index in [4.69, 9.17) is 9.78 Å². The zero-order chi connectivity index (χ0) is 25.5. The Balaban J connectivity index is 1.22. The van der Waals surface area contributed by atoms with Crippen LogP contribution in [0.4, 0.5) is 5.69 Å². The van der Waals surface area contributed by atoms with Crippen molar-refractivity contribution in [3.05, 3.63) is 72.3 Å². The Labute approximate surface area is 212 Å². The van der Waals surface area contributed by atoms with Crippen LogP contribution >= 0.6 is 0 Å². The first-order valence-electron chi connectivity index (χ1n) is 11.8. The van der Waals surface area contributed by atoms with Gasteiger partial charge in [-0.05, 0) is 30.7 Å². The highest BCUT2D eigenvalue weighted by Crippen LogP contribution is 2.26. The van der Waals surface area contributed by atoms with Crippen LogP contribution in [0.3, 0.4) is 0 Å². The van der Waals surface area contributed by atoms with Crippen molar-refractivity contribution in [2.75, 3.05) is 18.4 Å². The number of imidazole rings is 1. The van der Waals surface area contributed by atoms with Crippen molar-refractivity contribution in [3.8, 4) is 28.6 Å². The molecule has 0 aliphatic carbocycles. The van der Waals surface area contributed by atoms with E-state index in [-0.39, 0.29) is 11.8 Å². The Kier molecular flexibility index (Phi) is 5.50. The maximum atomic E-state index is 13.3. The number of carbonyl (C=O) groups excluding carboxylic acids is 1. The van der Waals surface area contributed by atoms with E-state index in [9.17, 15) is 4.79 Å². The van der Waals surface area contributed by atoms with Crippen molar-refractivity contribution in [2.24, 2.45) is 13.0 Å². The van der Waals surface area contributed by atoms with E-state index >= 15 is 0 Å². The normalized spacial score (nSPS) is 14.0. The quantitative estimate of drug-likeness (QED) is 0.381. The summed E-state index contributed by atoms with van der Waals surface area (Å²) in [5.74, 6) is 0.724. The summed E-state index contributed by atoms with van der Waals surface area (Å²) < 4.78 is 8.92. The summed E-state index contributed by atoms with van der Waals surface area (Å²) in [4.78, 5) is 24.3. The molecule has 1 N–H and O–H groups in total. The number of fused-ring (bicyclic) bond motifs is 1. The first-order chi connectivity index (χ1) is 18.0. The molecule has 37 heavy (non-hydrogen) atoms. The van der Waals surface area contributed by atoms with Crippen molar-refractivity contribution in [3.63, 3.8) is 0 Å². The lowest BCUT2D eigenvalue weighted by atomic mass is 10.0. The van der Waals surface area contributed by atoms with E-state index in [1.807, 2.05) is 56.7 Å². The summed E-state index contributed by atoms with van der Waals surface area (Å²) in [6.45, 7) is 3.85. The SMILES string of the molecule is Cc1ccc(-c2noc(CN3CC(C#N)C3)n2)cc1NC(=O)c1cnc2ccc(-c3cnn(C)c3)cn12. The number of nitrogens with one attached hydrogen (secondary N) is 1. The lowest BCUT2D eigenvalue weighted by molar-refractivity contribution is 0.102. The van der Waals surface area contributed by atoms with Gasteiger partial charge in [0.2, 0.25) is 11.7 Å². The van der Waals surface area contributed by atoms with Crippen LogP contribution in [0.25, 0.3) is 28.2 Å². The van der Waals surface area contributed by atoms with E-state index in [0.29, 0.717) is 48.4 Å². The van der Waals surface area contributed by atoms with Crippen LogP contribution in [0.15, 0.2) is 59.6 Å². The zero-order valence-electron chi connectivity index (χ0n) is 20.3. The van der Waals surface area contributed by atoms with Crippen molar-refractivity contribution < 1.29 is 9.32 Å². The molecular weight excluding hydrogens is 470 g/mol. The van der Waals surface area contributed by atoms with E-state index in [0.717, 1.165) is 22.3 Å².